The van der Waals surface area contributed by atoms with Crippen LogP contribution < -0.4 is 0 Å². The minimum Gasteiger partial charge on any atom is -0.304 e. The Morgan fingerprint density at radius 3 is 0.778 bits per heavy atom. The van der Waals surface area contributed by atoms with Gasteiger partial charge in [0, 0.05) is 0 Å². The first kappa shape index (κ1) is 23.4. The first-order valence-electron chi connectivity index (χ1n) is 3.81. The van der Waals surface area contributed by atoms with Crippen LogP contribution in [0.2, 0.25) is 0 Å². The van der Waals surface area contributed by atoms with Crippen molar-refractivity contribution in [3.8, 4) is 0 Å². The van der Waals surface area contributed by atoms with Gasteiger partial charge in [-0.05, 0) is 6.92 Å². The average Bonchev–Trinajstić information content (AvgIpc) is 2.01. The van der Waals surface area contributed by atoms with Crippen molar-refractivity contribution in [2.24, 2.45) is 0 Å². The molecule has 0 N–H and O–H groups in total. The molecule has 0 heterocycles. The molecule has 0 amide bonds. The van der Waals surface area contributed by atoms with Crippen LogP contribution in [0.4, 0.5) is 0 Å². The molecule has 60 valence electrons. The van der Waals surface area contributed by atoms with Crippen molar-refractivity contribution < 1.29 is 4.79 Å². The molecular formula is C8H22O. The van der Waals surface area contributed by atoms with Gasteiger partial charge in [-0.2, -0.15) is 0 Å². The third-order valence-electron chi connectivity index (χ3n) is 0. The van der Waals surface area contributed by atoms with Gasteiger partial charge >= 0.3 is 0 Å². The van der Waals surface area contributed by atoms with E-state index in [1.54, 1.807) is 0 Å². The van der Waals surface area contributed by atoms with Crippen LogP contribution in [0.5, 0.6) is 0 Å². The van der Waals surface area contributed by atoms with Gasteiger partial charge in [-0.25, -0.2) is 0 Å². The van der Waals surface area contributed by atoms with E-state index in [1.165, 1.54) is 6.92 Å². The highest BCUT2D eigenvalue weighted by atomic mass is 16.1. The van der Waals surface area contributed by atoms with Crippen molar-refractivity contribution in [3.05, 3.63) is 0 Å². The number of hydrogen-bond donors (Lipinski definition) is 0. The van der Waals surface area contributed by atoms with E-state index in [0.717, 1.165) is 6.29 Å². The Morgan fingerprint density at radius 2 is 0.778 bits per heavy atom. The second kappa shape index (κ2) is 760. The maximum absolute atomic E-state index is 8.81. The highest BCUT2D eigenvalue weighted by Gasteiger charge is 1.24. The predicted octanol–water partition coefficient (Wildman–Crippen LogP) is 3.28. The van der Waals surface area contributed by atoms with E-state index in [9.17, 15) is 0 Å². The SMILES string of the molecule is CC.CC.CC.CC=O. The van der Waals surface area contributed by atoms with Crippen LogP contribution in [0.1, 0.15) is 48.5 Å². The molecule has 0 aromatic carbocycles. The molecule has 0 fully saturated rings. The zero-order valence-corrected chi connectivity index (χ0v) is 7.99. The van der Waals surface area contributed by atoms with Gasteiger partial charge in [0.1, 0.15) is 6.29 Å². The van der Waals surface area contributed by atoms with Crippen molar-refractivity contribution in [3.63, 3.8) is 0 Å². The van der Waals surface area contributed by atoms with Gasteiger partial charge in [0.2, 0.25) is 0 Å². The topological polar surface area (TPSA) is 17.1 Å². The number of carbonyl (C=O) groups is 1. The Morgan fingerprint density at radius 1 is 0.778 bits per heavy atom. The minimum atomic E-state index is 0.750. The van der Waals surface area contributed by atoms with Crippen LogP contribution in [0.3, 0.4) is 0 Å². The second-order valence-electron chi connectivity index (χ2n) is 0.236. The van der Waals surface area contributed by atoms with Crippen LogP contribution in [0.15, 0.2) is 0 Å². The predicted molar refractivity (Wildman–Crippen MR) is 45.8 cm³/mol. The van der Waals surface area contributed by atoms with Gasteiger partial charge in [0.25, 0.3) is 0 Å². The first-order valence-corrected chi connectivity index (χ1v) is 3.81. The van der Waals surface area contributed by atoms with Crippen molar-refractivity contribution in [1.29, 1.82) is 0 Å². The van der Waals surface area contributed by atoms with Gasteiger partial charge in [-0.15, -0.1) is 0 Å². The summed E-state index contributed by atoms with van der Waals surface area (Å²) in [6.07, 6.45) is 0.750. The summed E-state index contributed by atoms with van der Waals surface area (Å²) in [6.45, 7) is 13.4. The Hall–Kier alpha value is -0.330. The van der Waals surface area contributed by atoms with E-state index in [4.69, 9.17) is 4.79 Å². The molecule has 0 unspecified atom stereocenters. The van der Waals surface area contributed by atoms with Crippen LogP contribution >= 0.6 is 0 Å². The summed E-state index contributed by atoms with van der Waals surface area (Å²) in [6, 6.07) is 0. The van der Waals surface area contributed by atoms with Crippen LogP contribution in [0, 0.1) is 0 Å². The smallest absolute Gasteiger partial charge is 0.116 e. The Labute approximate surface area is 60.5 Å². The Balaban J connectivity index is -0.0000000190. The van der Waals surface area contributed by atoms with E-state index in [2.05, 4.69) is 0 Å². The summed E-state index contributed by atoms with van der Waals surface area (Å²) in [4.78, 5) is 8.81. The lowest BCUT2D eigenvalue weighted by Gasteiger charge is -1.23. The summed E-state index contributed by atoms with van der Waals surface area (Å²) in [5, 5.41) is 0. The van der Waals surface area contributed by atoms with E-state index in [-0.39, 0.29) is 0 Å². The first-order chi connectivity index (χ1) is 4.41. The van der Waals surface area contributed by atoms with E-state index in [1.807, 2.05) is 41.5 Å². The van der Waals surface area contributed by atoms with Crippen molar-refractivity contribution in [2.75, 3.05) is 0 Å². The lowest BCUT2D eigenvalue weighted by Crippen LogP contribution is -1.36. The fourth-order valence-electron chi connectivity index (χ4n) is 0. The van der Waals surface area contributed by atoms with Crippen molar-refractivity contribution in [2.45, 2.75) is 48.5 Å². The highest BCUT2D eigenvalue weighted by Crippen LogP contribution is 1.15. The number of carbonyl (C=O) groups excluding carboxylic acids is 1. The maximum atomic E-state index is 8.81. The molecule has 0 aliphatic rings. The molecule has 0 aliphatic heterocycles. The molecule has 0 atom stereocenters. The van der Waals surface area contributed by atoms with Crippen molar-refractivity contribution >= 4 is 6.29 Å². The Bertz CT molecular complexity index is 12.0. The molecule has 0 saturated heterocycles. The van der Waals surface area contributed by atoms with Crippen LogP contribution in [0.25, 0.3) is 0 Å². The number of rotatable bonds is 0. The third-order valence-corrected chi connectivity index (χ3v) is 0. The molecule has 0 aromatic heterocycles. The molecule has 0 rings (SSSR count). The van der Waals surface area contributed by atoms with Gasteiger partial charge in [0.15, 0.2) is 0 Å². The molecule has 0 saturated carbocycles. The second-order valence-corrected chi connectivity index (χ2v) is 0.236. The average molecular weight is 134 g/mol. The van der Waals surface area contributed by atoms with E-state index >= 15 is 0 Å². The summed E-state index contributed by atoms with van der Waals surface area (Å²) in [5.41, 5.74) is 0. The molecule has 0 aromatic rings. The molecule has 9 heavy (non-hydrogen) atoms. The molecule has 0 bridgehead atoms. The van der Waals surface area contributed by atoms with Gasteiger partial charge in [0.05, 0.1) is 0 Å². The summed E-state index contributed by atoms with van der Waals surface area (Å²) >= 11 is 0. The normalized spacial score (nSPS) is 3.44. The maximum Gasteiger partial charge on any atom is 0.116 e. The number of aldehydes is 1. The molecule has 0 spiro atoms. The van der Waals surface area contributed by atoms with Gasteiger partial charge in [-0.3, -0.25) is 0 Å². The van der Waals surface area contributed by atoms with Crippen LogP contribution in [-0.2, 0) is 4.79 Å². The molecule has 1 nitrogen and oxygen atoms in total. The standard InChI is InChI=1S/C2H4O.3C2H6/c1-2-3;3*1-2/h2H,1H3;3*1-2H3. The molecular weight excluding hydrogens is 112 g/mol. The van der Waals surface area contributed by atoms with E-state index in [0.29, 0.717) is 0 Å². The minimum absolute atomic E-state index is 0.750. The third kappa shape index (κ3) is 2260. The fourth-order valence-corrected chi connectivity index (χ4v) is 0. The zero-order chi connectivity index (χ0) is 8.71. The fraction of sp³-hybridized carbons (Fsp3) is 0.875. The summed E-state index contributed by atoms with van der Waals surface area (Å²) < 4.78 is 0. The molecule has 0 aliphatic carbocycles. The monoisotopic (exact) mass is 134 g/mol. The summed E-state index contributed by atoms with van der Waals surface area (Å²) in [7, 11) is 0. The Kier molecular flexibility index (Phi) is 1980. The lowest BCUT2D eigenvalue weighted by atomic mass is 11.0. The highest BCUT2D eigenvalue weighted by molar-refractivity contribution is 5.44. The lowest BCUT2D eigenvalue weighted by molar-refractivity contribution is -0.106. The largest absolute Gasteiger partial charge is 0.304 e. The molecule has 0 radical (unpaired) electrons. The van der Waals surface area contributed by atoms with Crippen molar-refractivity contribution in [1.82, 2.24) is 0 Å². The van der Waals surface area contributed by atoms with Gasteiger partial charge in [-0.1, -0.05) is 41.5 Å². The number of hydrogen-bond acceptors (Lipinski definition) is 1. The van der Waals surface area contributed by atoms with Gasteiger partial charge < -0.3 is 4.79 Å². The zero-order valence-electron chi connectivity index (χ0n) is 7.99. The van der Waals surface area contributed by atoms with Crippen LogP contribution in [-0.4, -0.2) is 6.29 Å². The van der Waals surface area contributed by atoms with E-state index < -0.39 is 0 Å². The molecule has 1 heteroatoms. The summed E-state index contributed by atoms with van der Waals surface area (Å²) in [5.74, 6) is 0. The quantitative estimate of drug-likeness (QED) is 0.465.